The van der Waals surface area contributed by atoms with Gasteiger partial charge in [0.2, 0.25) is 18.6 Å². The van der Waals surface area contributed by atoms with Crippen molar-refractivity contribution < 1.29 is 52.5 Å². The summed E-state index contributed by atoms with van der Waals surface area (Å²) in [5.41, 5.74) is 0.510. The van der Waals surface area contributed by atoms with Crippen molar-refractivity contribution in [1.29, 1.82) is 0 Å². The van der Waals surface area contributed by atoms with Gasteiger partial charge in [-0.1, -0.05) is 12.1 Å². The van der Waals surface area contributed by atoms with E-state index in [0.717, 1.165) is 33.9 Å². The van der Waals surface area contributed by atoms with Crippen LogP contribution in [0.3, 0.4) is 0 Å². The van der Waals surface area contributed by atoms with Gasteiger partial charge in [0.25, 0.3) is 0 Å². The van der Waals surface area contributed by atoms with Gasteiger partial charge >= 0.3 is 23.9 Å². The van der Waals surface area contributed by atoms with Crippen molar-refractivity contribution in [1.82, 2.24) is 0 Å². The Morgan fingerprint density at radius 1 is 0.886 bits per heavy atom. The van der Waals surface area contributed by atoms with Crippen molar-refractivity contribution in [3.05, 3.63) is 46.1 Å². The van der Waals surface area contributed by atoms with Crippen LogP contribution in [-0.2, 0) is 42.9 Å². The molecule has 0 spiro atoms. The van der Waals surface area contributed by atoms with Crippen molar-refractivity contribution in [2.75, 3.05) is 6.61 Å². The average molecular weight is 495 g/mol. The van der Waals surface area contributed by atoms with Crippen LogP contribution in [0.4, 0.5) is 0 Å². The number of nitrogens with zero attached hydrogens (tertiary/aromatic N) is 1. The van der Waals surface area contributed by atoms with Gasteiger partial charge in [-0.2, -0.15) is 0 Å². The zero-order valence-electron chi connectivity index (χ0n) is 19.4. The maximum absolute atomic E-state index is 11.8. The van der Waals surface area contributed by atoms with Gasteiger partial charge in [0.1, 0.15) is 18.5 Å². The Balaban J connectivity index is 2.40. The van der Waals surface area contributed by atoms with E-state index in [1.165, 1.54) is 30.3 Å². The van der Waals surface area contributed by atoms with E-state index in [9.17, 15) is 29.3 Å². The summed E-state index contributed by atoms with van der Waals surface area (Å²) in [6.45, 7) is 4.12. The Hall–Kier alpha value is -4.00. The number of rotatable bonds is 9. The summed E-state index contributed by atoms with van der Waals surface area (Å²) in [5, 5.41) is 10.5. The van der Waals surface area contributed by atoms with Crippen LogP contribution in [0.25, 0.3) is 6.08 Å². The number of ether oxygens (including phenoxy) is 6. The molecule has 0 radical (unpaired) electrons. The van der Waals surface area contributed by atoms with Crippen LogP contribution >= 0.6 is 0 Å². The summed E-state index contributed by atoms with van der Waals surface area (Å²) in [7, 11) is 0. The fourth-order valence-electron chi connectivity index (χ4n) is 3.22. The molecule has 1 aliphatic rings. The molecule has 0 amide bonds. The molecule has 0 saturated carbocycles. The monoisotopic (exact) mass is 495 g/mol. The molecule has 1 fully saturated rings. The molecule has 13 heteroatoms. The van der Waals surface area contributed by atoms with Crippen molar-refractivity contribution in [3.63, 3.8) is 0 Å². The molecule has 1 aliphatic heterocycles. The molecule has 13 nitrogen and oxygen atoms in total. The van der Waals surface area contributed by atoms with E-state index in [1.807, 2.05) is 0 Å². The highest BCUT2D eigenvalue weighted by atomic mass is 16.7. The van der Waals surface area contributed by atoms with Crippen molar-refractivity contribution >= 4 is 30.0 Å². The van der Waals surface area contributed by atoms with E-state index in [4.69, 9.17) is 28.4 Å². The molecule has 35 heavy (non-hydrogen) atoms. The quantitative estimate of drug-likeness (QED) is 0.209. The SMILES string of the molecule is CC(=O)OC[C@H]1O[C@@H](Oc2ccc(/C=C/[N+](=O)[O-])cc2)[C@H](OC(C)=O)[C@@H](OC(C)=O)[C@H]1OC(C)=O. The minimum absolute atomic E-state index is 0.212. The smallest absolute Gasteiger partial charge is 0.303 e. The normalized spacial score (nSPS) is 23.7. The van der Waals surface area contributed by atoms with E-state index in [-0.39, 0.29) is 12.4 Å². The topological polar surface area (TPSA) is 167 Å². The lowest BCUT2D eigenvalue weighted by Gasteiger charge is -2.43. The lowest BCUT2D eigenvalue weighted by Crippen LogP contribution is -2.63. The Morgan fingerprint density at radius 3 is 1.94 bits per heavy atom. The second-order valence-electron chi connectivity index (χ2n) is 7.36. The average Bonchev–Trinajstić information content (AvgIpc) is 2.75. The zero-order chi connectivity index (χ0) is 26.1. The maximum atomic E-state index is 11.8. The van der Waals surface area contributed by atoms with Crippen LogP contribution in [0, 0.1) is 10.1 Å². The van der Waals surface area contributed by atoms with Crippen LogP contribution in [0.5, 0.6) is 5.75 Å². The van der Waals surface area contributed by atoms with Gasteiger partial charge in [-0.25, -0.2) is 0 Å². The van der Waals surface area contributed by atoms with Crippen molar-refractivity contribution in [2.24, 2.45) is 0 Å². The van der Waals surface area contributed by atoms with E-state index < -0.39 is 59.5 Å². The van der Waals surface area contributed by atoms with Gasteiger partial charge in [-0.3, -0.25) is 29.3 Å². The van der Waals surface area contributed by atoms with Crippen LogP contribution in [0.2, 0.25) is 0 Å². The van der Waals surface area contributed by atoms with Gasteiger partial charge < -0.3 is 28.4 Å². The fourth-order valence-corrected chi connectivity index (χ4v) is 3.22. The minimum atomic E-state index is -1.38. The van der Waals surface area contributed by atoms with Crippen molar-refractivity contribution in [2.45, 2.75) is 58.4 Å². The molecule has 0 bridgehead atoms. The predicted octanol–water partition coefficient (Wildman–Crippen LogP) is 1.40. The summed E-state index contributed by atoms with van der Waals surface area (Å²) < 4.78 is 32.6. The van der Waals surface area contributed by atoms with E-state index in [1.54, 1.807) is 0 Å². The van der Waals surface area contributed by atoms with E-state index in [2.05, 4.69) is 0 Å². The Kier molecular flexibility index (Phi) is 9.70. The standard InChI is InChI=1S/C22H25NO12/c1-12(24)30-11-18-19(31-13(2)25)20(32-14(3)26)21(33-15(4)27)22(35-18)34-17-7-5-16(6-8-17)9-10-23(28)29/h5-10,18-22H,11H2,1-4H3/b10-9+/t18-,19+,20+,21-,22-/m1/s1. The molecular formula is C22H25NO12. The highest BCUT2D eigenvalue weighted by molar-refractivity contribution is 5.68. The molecule has 1 heterocycles. The second kappa shape index (κ2) is 12.5. The third-order valence-corrected chi connectivity index (χ3v) is 4.47. The number of carbonyl (C=O) groups is 4. The third kappa shape index (κ3) is 8.70. The number of esters is 4. The number of nitro groups is 1. The number of hydrogen-bond donors (Lipinski definition) is 0. The molecule has 2 rings (SSSR count). The first-order valence-corrected chi connectivity index (χ1v) is 10.3. The lowest BCUT2D eigenvalue weighted by molar-refractivity contribution is -0.400. The molecule has 0 N–H and O–H groups in total. The molecular weight excluding hydrogens is 470 g/mol. The number of benzene rings is 1. The molecule has 0 aliphatic carbocycles. The van der Waals surface area contributed by atoms with Gasteiger partial charge in [0, 0.05) is 33.8 Å². The van der Waals surface area contributed by atoms with Crippen LogP contribution in [0.1, 0.15) is 33.3 Å². The largest absolute Gasteiger partial charge is 0.463 e. The molecule has 1 saturated heterocycles. The van der Waals surface area contributed by atoms with Gasteiger partial charge in [-0.05, 0) is 17.7 Å². The first-order valence-electron chi connectivity index (χ1n) is 10.3. The Bertz CT molecular complexity index is 973. The minimum Gasteiger partial charge on any atom is -0.463 e. The third-order valence-electron chi connectivity index (χ3n) is 4.47. The number of hydrogen-bond acceptors (Lipinski definition) is 12. The summed E-state index contributed by atoms with van der Waals surface area (Å²) >= 11 is 0. The van der Waals surface area contributed by atoms with Gasteiger partial charge in [-0.15, -0.1) is 0 Å². The summed E-state index contributed by atoms with van der Waals surface area (Å²) in [5.74, 6) is -2.70. The fraction of sp³-hybridized carbons (Fsp3) is 0.455. The maximum Gasteiger partial charge on any atom is 0.303 e. The molecule has 190 valence electrons. The zero-order valence-corrected chi connectivity index (χ0v) is 19.4. The molecule has 0 unspecified atom stereocenters. The first-order chi connectivity index (χ1) is 16.5. The predicted molar refractivity (Wildman–Crippen MR) is 115 cm³/mol. The Morgan fingerprint density at radius 2 is 1.43 bits per heavy atom. The second-order valence-corrected chi connectivity index (χ2v) is 7.36. The Labute approximate surface area is 200 Å². The van der Waals surface area contributed by atoms with E-state index in [0.29, 0.717) is 5.56 Å². The summed E-state index contributed by atoms with van der Waals surface area (Å²) in [6, 6.07) is 6.02. The molecule has 0 aromatic heterocycles. The van der Waals surface area contributed by atoms with Gasteiger partial charge in [0.15, 0.2) is 12.2 Å². The highest BCUT2D eigenvalue weighted by Crippen LogP contribution is 2.31. The van der Waals surface area contributed by atoms with E-state index >= 15 is 0 Å². The number of carbonyl (C=O) groups excluding carboxylic acids is 4. The molecule has 1 aromatic carbocycles. The van der Waals surface area contributed by atoms with Crippen LogP contribution in [0.15, 0.2) is 30.5 Å². The highest BCUT2D eigenvalue weighted by Gasteiger charge is 2.53. The summed E-state index contributed by atoms with van der Waals surface area (Å²) in [6.07, 6.45) is -4.50. The van der Waals surface area contributed by atoms with Gasteiger partial charge in [0.05, 0.1) is 4.92 Å². The lowest BCUT2D eigenvalue weighted by atomic mass is 9.98. The molecule has 5 atom stereocenters. The van der Waals surface area contributed by atoms with Crippen LogP contribution < -0.4 is 4.74 Å². The molecule has 1 aromatic rings. The summed E-state index contributed by atoms with van der Waals surface area (Å²) in [4.78, 5) is 56.6. The van der Waals surface area contributed by atoms with Crippen molar-refractivity contribution in [3.8, 4) is 5.75 Å². The van der Waals surface area contributed by atoms with Crippen LogP contribution in [-0.4, -0.2) is 66.1 Å². The first kappa shape index (κ1) is 27.2.